The van der Waals surface area contributed by atoms with Crippen LogP contribution in [-0.2, 0) is 0 Å². The van der Waals surface area contributed by atoms with Crippen molar-refractivity contribution < 1.29 is 21.5 Å². The third kappa shape index (κ3) is 5.57. The van der Waals surface area contributed by atoms with E-state index in [2.05, 4.69) is 20.7 Å². The predicted molar refractivity (Wildman–Crippen MR) is 77.1 cm³/mol. The maximum atomic E-state index is 6.28. The average Bonchev–Trinajstić information content (AvgIpc) is 2.28. The Labute approximate surface area is 130 Å². The molecule has 1 aromatic carbocycles. The third-order valence-corrected chi connectivity index (χ3v) is 3.31. The molecule has 0 radical (unpaired) electrons. The lowest BCUT2D eigenvalue weighted by Gasteiger charge is -2.28. The Bertz CT molecular complexity index is 413. The molecule has 4 heteroatoms. The zero-order chi connectivity index (χ0) is 12.9. The van der Waals surface area contributed by atoms with Crippen molar-refractivity contribution in [3.8, 4) is 0 Å². The van der Waals surface area contributed by atoms with Crippen LogP contribution in [0.5, 0.6) is 0 Å². The van der Waals surface area contributed by atoms with Crippen molar-refractivity contribution in [2.24, 2.45) is 0 Å². The van der Waals surface area contributed by atoms with E-state index in [1.807, 2.05) is 36.4 Å². The zero-order valence-electron chi connectivity index (χ0n) is 10.7. The van der Waals surface area contributed by atoms with Crippen molar-refractivity contribution in [2.75, 3.05) is 27.2 Å². The van der Waals surface area contributed by atoms with Crippen LogP contribution in [-0.4, -0.2) is 31.7 Å². The van der Waals surface area contributed by atoms with Crippen LogP contribution >= 0.6 is 23.2 Å². The maximum Gasteiger partial charge on any atom is 0.116 e. The molecule has 0 saturated carbocycles. The first kappa shape index (κ1) is 17.7. The predicted octanol–water partition coefficient (Wildman–Crippen LogP) is 1.10. The van der Waals surface area contributed by atoms with E-state index in [1.165, 1.54) is 0 Å². The summed E-state index contributed by atoms with van der Waals surface area (Å²) in [5.74, 6) is 0. The smallest absolute Gasteiger partial charge is 0.116 e. The molecule has 0 aliphatic heterocycles. The summed E-state index contributed by atoms with van der Waals surface area (Å²) >= 11 is 12.6. The molecule has 0 bridgehead atoms. The van der Waals surface area contributed by atoms with Crippen molar-refractivity contribution in [2.45, 2.75) is 0 Å². The SMILES string of the molecule is C=CC[N+](C)(C)C/C(Cl)=C(\Cl)c1ccccc1.[Br-]. The zero-order valence-corrected chi connectivity index (χ0v) is 13.8. The first-order valence-corrected chi connectivity index (χ1v) is 6.24. The van der Waals surface area contributed by atoms with Gasteiger partial charge in [-0.15, -0.1) is 0 Å². The van der Waals surface area contributed by atoms with E-state index in [0.717, 1.165) is 16.6 Å². The van der Waals surface area contributed by atoms with Crippen LogP contribution in [0.25, 0.3) is 5.03 Å². The monoisotopic (exact) mass is 349 g/mol. The van der Waals surface area contributed by atoms with Gasteiger partial charge in [-0.05, 0) is 11.6 Å². The van der Waals surface area contributed by atoms with Crippen LogP contribution < -0.4 is 17.0 Å². The second-order valence-corrected chi connectivity index (χ2v) is 5.48. The molecule has 0 heterocycles. The normalized spacial score (nSPS) is 12.4. The molecule has 0 fully saturated rings. The third-order valence-electron chi connectivity index (χ3n) is 2.46. The van der Waals surface area contributed by atoms with Gasteiger partial charge in [0.2, 0.25) is 0 Å². The van der Waals surface area contributed by atoms with Crippen molar-refractivity contribution in [3.63, 3.8) is 0 Å². The van der Waals surface area contributed by atoms with Gasteiger partial charge in [0.15, 0.2) is 0 Å². The minimum Gasteiger partial charge on any atom is -1.00 e. The van der Waals surface area contributed by atoms with Crippen LogP contribution in [0, 0.1) is 0 Å². The molecule has 0 aromatic heterocycles. The topological polar surface area (TPSA) is 0 Å². The first-order valence-electron chi connectivity index (χ1n) is 5.49. The summed E-state index contributed by atoms with van der Waals surface area (Å²) in [5.41, 5.74) is 0.956. The van der Waals surface area contributed by atoms with E-state index < -0.39 is 0 Å². The second-order valence-electron chi connectivity index (χ2n) is 4.65. The standard InChI is InChI=1S/C14H18Cl2N.BrH/c1-4-10-17(2,3)11-13(15)14(16)12-8-6-5-7-9-12;/h4-9H,1,10-11H2,2-3H3;1H/q+1;/p-1/b14-13+;. The Kier molecular flexibility index (Phi) is 7.88. The van der Waals surface area contributed by atoms with Gasteiger partial charge in [0, 0.05) is 0 Å². The molecule has 18 heavy (non-hydrogen) atoms. The fourth-order valence-electron chi connectivity index (χ4n) is 1.60. The van der Waals surface area contributed by atoms with E-state index in [9.17, 15) is 0 Å². The number of hydrogen-bond donors (Lipinski definition) is 0. The fourth-order valence-corrected chi connectivity index (χ4v) is 2.22. The summed E-state index contributed by atoms with van der Waals surface area (Å²) in [6.45, 7) is 5.30. The molecular weight excluding hydrogens is 333 g/mol. The molecule has 0 unspecified atom stereocenters. The van der Waals surface area contributed by atoms with Gasteiger partial charge in [-0.1, -0.05) is 60.1 Å². The molecule has 0 N–H and O–H groups in total. The second kappa shape index (κ2) is 8.00. The van der Waals surface area contributed by atoms with Crippen LogP contribution in [0.3, 0.4) is 0 Å². The molecule has 1 aromatic rings. The highest BCUT2D eigenvalue weighted by Gasteiger charge is 2.17. The summed E-state index contributed by atoms with van der Waals surface area (Å²) in [5, 5.41) is 1.31. The van der Waals surface area contributed by atoms with Crippen molar-refractivity contribution >= 4 is 28.2 Å². The first-order chi connectivity index (χ1) is 7.96. The van der Waals surface area contributed by atoms with Crippen LogP contribution in [0.1, 0.15) is 5.56 Å². The van der Waals surface area contributed by atoms with Crippen molar-refractivity contribution in [1.29, 1.82) is 0 Å². The van der Waals surface area contributed by atoms with E-state index >= 15 is 0 Å². The Morgan fingerprint density at radius 3 is 2.28 bits per heavy atom. The lowest BCUT2D eigenvalue weighted by Crippen LogP contribution is -3.00. The molecule has 0 amide bonds. The molecule has 100 valence electrons. The molecule has 0 aliphatic carbocycles. The van der Waals surface area contributed by atoms with Gasteiger partial charge in [-0.3, -0.25) is 0 Å². The van der Waals surface area contributed by atoms with Crippen molar-refractivity contribution in [1.82, 2.24) is 0 Å². The van der Waals surface area contributed by atoms with Crippen LogP contribution in [0.2, 0.25) is 0 Å². The molecule has 0 saturated heterocycles. The van der Waals surface area contributed by atoms with E-state index in [4.69, 9.17) is 23.2 Å². The number of halogens is 3. The summed E-state index contributed by atoms with van der Waals surface area (Å²) in [7, 11) is 4.19. The Morgan fingerprint density at radius 1 is 1.22 bits per heavy atom. The lowest BCUT2D eigenvalue weighted by molar-refractivity contribution is -0.879. The molecular formula is C14H18BrCl2N. The Balaban J connectivity index is 0.00000289. The van der Waals surface area contributed by atoms with Gasteiger partial charge >= 0.3 is 0 Å². The summed E-state index contributed by atoms with van der Waals surface area (Å²) in [6, 6.07) is 9.77. The van der Waals surface area contributed by atoms with Gasteiger partial charge in [-0.2, -0.15) is 0 Å². The van der Waals surface area contributed by atoms with E-state index in [1.54, 1.807) is 0 Å². The fraction of sp³-hybridized carbons (Fsp3) is 0.286. The van der Waals surface area contributed by atoms with Crippen LogP contribution in [0.4, 0.5) is 0 Å². The van der Waals surface area contributed by atoms with Gasteiger partial charge in [0.1, 0.15) is 6.54 Å². The number of nitrogens with zero attached hydrogens (tertiary/aromatic N) is 1. The van der Waals surface area contributed by atoms with Gasteiger partial charge in [0.25, 0.3) is 0 Å². The molecule has 0 spiro atoms. The summed E-state index contributed by atoms with van der Waals surface area (Å²) in [4.78, 5) is 0. The highest BCUT2D eigenvalue weighted by atomic mass is 79.9. The number of benzene rings is 1. The Hall–Kier alpha value is -0.280. The minimum absolute atomic E-state index is 0. The molecule has 1 nitrogen and oxygen atoms in total. The number of rotatable bonds is 5. The summed E-state index contributed by atoms with van der Waals surface area (Å²) < 4.78 is 0.741. The maximum absolute atomic E-state index is 6.28. The lowest BCUT2D eigenvalue weighted by atomic mass is 10.2. The number of likely N-dealkylation sites (N-methyl/N-ethyl adjacent to an activating group) is 1. The largest absolute Gasteiger partial charge is 1.00 e. The van der Waals surface area contributed by atoms with E-state index in [-0.39, 0.29) is 17.0 Å². The minimum atomic E-state index is 0. The van der Waals surface area contributed by atoms with Gasteiger partial charge in [-0.25, -0.2) is 0 Å². The highest BCUT2D eigenvalue weighted by molar-refractivity contribution is 6.54. The van der Waals surface area contributed by atoms with Crippen molar-refractivity contribution in [3.05, 3.63) is 53.6 Å². The molecule has 0 aliphatic rings. The van der Waals surface area contributed by atoms with Gasteiger partial charge < -0.3 is 21.5 Å². The van der Waals surface area contributed by atoms with Gasteiger partial charge in [0.05, 0.1) is 30.7 Å². The number of hydrogen-bond acceptors (Lipinski definition) is 0. The summed E-state index contributed by atoms with van der Waals surface area (Å²) in [6.07, 6.45) is 1.89. The average molecular weight is 351 g/mol. The highest BCUT2D eigenvalue weighted by Crippen LogP contribution is 2.26. The number of quaternary nitrogens is 1. The quantitative estimate of drug-likeness (QED) is 0.551. The molecule has 0 atom stereocenters. The Morgan fingerprint density at radius 2 is 1.78 bits per heavy atom. The van der Waals surface area contributed by atoms with Crippen LogP contribution in [0.15, 0.2) is 48.0 Å². The molecule has 1 rings (SSSR count). The van der Waals surface area contributed by atoms with E-state index in [0.29, 0.717) is 16.6 Å².